The molecule has 0 spiro atoms. The van der Waals surface area contributed by atoms with Crippen molar-refractivity contribution >= 4 is 39.5 Å². The number of phosphoric acid groups is 2. The van der Waals surface area contributed by atoms with Crippen LogP contribution in [-0.4, -0.2) is 96.7 Å². The Balaban J connectivity index is 5.25. The van der Waals surface area contributed by atoms with Crippen LogP contribution in [-0.2, 0) is 65.4 Å². The van der Waals surface area contributed by atoms with E-state index in [0.717, 1.165) is 102 Å². The smallest absolute Gasteiger partial charge is 0.462 e. The number of esters is 4. The van der Waals surface area contributed by atoms with E-state index in [1.54, 1.807) is 0 Å². The van der Waals surface area contributed by atoms with Gasteiger partial charge in [-0.05, 0) is 37.5 Å². The Hall–Kier alpha value is -1.94. The van der Waals surface area contributed by atoms with Crippen LogP contribution in [0.15, 0.2) is 0 Å². The van der Waals surface area contributed by atoms with Gasteiger partial charge in [-0.3, -0.25) is 37.3 Å². The second-order valence-electron chi connectivity index (χ2n) is 29.1. The molecule has 0 saturated carbocycles. The second kappa shape index (κ2) is 69.8. The predicted molar refractivity (Wildman–Crippen MR) is 395 cm³/mol. The van der Waals surface area contributed by atoms with Gasteiger partial charge in [-0.2, -0.15) is 0 Å². The average molecular weight is 1420 g/mol. The highest BCUT2D eigenvalue weighted by Gasteiger charge is 2.30. The Bertz CT molecular complexity index is 1870. The summed E-state index contributed by atoms with van der Waals surface area (Å²) >= 11 is 0. The van der Waals surface area contributed by atoms with E-state index in [4.69, 9.17) is 37.0 Å². The highest BCUT2D eigenvalue weighted by molar-refractivity contribution is 7.47. The summed E-state index contributed by atoms with van der Waals surface area (Å²) in [6, 6.07) is 0. The van der Waals surface area contributed by atoms with Gasteiger partial charge >= 0.3 is 39.5 Å². The third-order valence-corrected chi connectivity index (χ3v) is 20.1. The minimum atomic E-state index is -4.96. The Labute approximate surface area is 594 Å². The van der Waals surface area contributed by atoms with E-state index < -0.39 is 97.5 Å². The van der Waals surface area contributed by atoms with Crippen molar-refractivity contribution in [3.05, 3.63) is 0 Å². The van der Waals surface area contributed by atoms with Gasteiger partial charge in [0, 0.05) is 25.7 Å². The Morgan fingerprint density at radius 1 is 0.278 bits per heavy atom. The van der Waals surface area contributed by atoms with Crippen molar-refractivity contribution in [2.24, 2.45) is 11.8 Å². The maximum Gasteiger partial charge on any atom is 0.472 e. The molecule has 0 aromatic heterocycles. The van der Waals surface area contributed by atoms with Crippen molar-refractivity contribution in [2.75, 3.05) is 39.6 Å². The summed E-state index contributed by atoms with van der Waals surface area (Å²) in [6.45, 7) is 9.64. The fourth-order valence-electron chi connectivity index (χ4n) is 12.0. The number of ether oxygens (including phenoxy) is 4. The van der Waals surface area contributed by atoms with Gasteiger partial charge in [-0.1, -0.05) is 356 Å². The Morgan fingerprint density at radius 2 is 0.474 bits per heavy atom. The lowest BCUT2D eigenvalue weighted by Gasteiger charge is -2.21. The molecule has 0 aromatic rings. The van der Waals surface area contributed by atoms with Crippen LogP contribution in [0.3, 0.4) is 0 Å². The monoisotopic (exact) mass is 1420 g/mol. The van der Waals surface area contributed by atoms with Crippen molar-refractivity contribution in [3.8, 4) is 0 Å². The molecule has 0 radical (unpaired) electrons. The lowest BCUT2D eigenvalue weighted by Crippen LogP contribution is -2.30. The summed E-state index contributed by atoms with van der Waals surface area (Å²) in [6.07, 6.45) is 58.1. The molecule has 17 nitrogen and oxygen atoms in total. The number of hydrogen-bond acceptors (Lipinski definition) is 15. The van der Waals surface area contributed by atoms with Gasteiger partial charge in [0.25, 0.3) is 0 Å². The zero-order chi connectivity index (χ0) is 71.4. The van der Waals surface area contributed by atoms with Gasteiger partial charge in [0.05, 0.1) is 26.4 Å². The molecule has 0 saturated heterocycles. The topological polar surface area (TPSA) is 237 Å². The molecule has 19 heteroatoms. The minimum absolute atomic E-state index is 0.107. The number of aliphatic hydroxyl groups is 1. The van der Waals surface area contributed by atoms with E-state index in [2.05, 4.69) is 41.5 Å². The first-order valence-corrected chi connectivity index (χ1v) is 43.5. The first kappa shape index (κ1) is 95.1. The van der Waals surface area contributed by atoms with E-state index in [9.17, 15) is 43.2 Å². The summed E-state index contributed by atoms with van der Waals surface area (Å²) < 4.78 is 68.6. The highest BCUT2D eigenvalue weighted by atomic mass is 31.2. The molecule has 97 heavy (non-hydrogen) atoms. The quantitative estimate of drug-likeness (QED) is 0.0222. The molecule has 0 aliphatic rings. The lowest BCUT2D eigenvalue weighted by atomic mass is 10.0. The van der Waals surface area contributed by atoms with Crippen LogP contribution in [0.2, 0.25) is 0 Å². The highest BCUT2D eigenvalue weighted by Crippen LogP contribution is 2.45. The number of rotatable bonds is 77. The third kappa shape index (κ3) is 72.2. The number of aliphatic hydroxyl groups excluding tert-OH is 1. The van der Waals surface area contributed by atoms with Crippen LogP contribution >= 0.6 is 15.6 Å². The maximum atomic E-state index is 13.1. The fourth-order valence-corrected chi connectivity index (χ4v) is 13.6. The van der Waals surface area contributed by atoms with Gasteiger partial charge < -0.3 is 33.8 Å². The van der Waals surface area contributed by atoms with Crippen LogP contribution < -0.4 is 0 Å². The molecule has 0 aliphatic carbocycles. The molecule has 0 aliphatic heterocycles. The zero-order valence-corrected chi connectivity index (χ0v) is 65.2. The molecular formula is C78H152O17P2. The van der Waals surface area contributed by atoms with Gasteiger partial charge in [0.15, 0.2) is 12.2 Å². The Kier molecular flexibility index (Phi) is 68.4. The summed E-state index contributed by atoms with van der Waals surface area (Å²) in [5.74, 6) is -0.548. The van der Waals surface area contributed by atoms with Crippen LogP contribution in [0.25, 0.3) is 0 Å². The number of hydrogen-bond donors (Lipinski definition) is 3. The molecule has 5 atom stereocenters. The van der Waals surface area contributed by atoms with E-state index in [0.29, 0.717) is 25.7 Å². The standard InChI is InChI=1S/C78H152O17P2/c1-7-9-11-13-15-17-19-20-21-22-25-31-37-43-49-55-61-76(81)89-67-74(95-77(82)62-56-50-44-38-32-26-23-24-29-34-40-46-52-58-70(3)4)69-93-97(86,87)91-65-72(79)64-90-96(84,85)92-68-73(66-88-75(80)60-54-48-42-36-18-16-14-12-10-8-2)94-78(83)63-57-51-45-39-33-28-27-30-35-41-47-53-59-71(5)6/h70-74,79H,7-69H2,1-6H3,(H,84,85)(H,86,87)/t72-,73+,74+/m0/s1. The predicted octanol–water partition coefficient (Wildman–Crippen LogP) is 23.1. The molecule has 0 heterocycles. The van der Waals surface area contributed by atoms with Crippen molar-refractivity contribution in [2.45, 2.75) is 426 Å². The molecule has 0 aromatic carbocycles. The normalized spacial score (nSPS) is 14.0. The van der Waals surface area contributed by atoms with E-state index in [1.807, 2.05) is 0 Å². The number of unbranched alkanes of at least 4 members (excludes halogenated alkanes) is 47. The zero-order valence-electron chi connectivity index (χ0n) is 63.4. The molecule has 2 unspecified atom stereocenters. The van der Waals surface area contributed by atoms with Gasteiger partial charge in [0.2, 0.25) is 0 Å². The van der Waals surface area contributed by atoms with Crippen molar-refractivity contribution in [1.82, 2.24) is 0 Å². The molecule has 576 valence electrons. The van der Waals surface area contributed by atoms with Crippen LogP contribution in [0.4, 0.5) is 0 Å². The molecule has 3 N–H and O–H groups in total. The lowest BCUT2D eigenvalue weighted by molar-refractivity contribution is -0.161. The van der Waals surface area contributed by atoms with Crippen LogP contribution in [0.1, 0.15) is 408 Å². The SMILES string of the molecule is CCCCCCCCCCCCCCCCCCC(=O)OC[C@H](COP(=O)(O)OC[C@@H](O)COP(=O)(O)OC[C@@H](COC(=O)CCCCCCCCCCCC)OC(=O)CCCCCCCCCCCCCCC(C)C)OC(=O)CCCCCCCCCCCCCCCC(C)C. The van der Waals surface area contributed by atoms with Crippen LogP contribution in [0, 0.1) is 11.8 Å². The first-order valence-electron chi connectivity index (χ1n) is 40.5. The van der Waals surface area contributed by atoms with Crippen LogP contribution in [0.5, 0.6) is 0 Å². The summed E-state index contributed by atoms with van der Waals surface area (Å²) in [7, 11) is -9.91. The van der Waals surface area contributed by atoms with Crippen molar-refractivity contribution in [3.63, 3.8) is 0 Å². The summed E-state index contributed by atoms with van der Waals surface area (Å²) in [5, 5.41) is 10.6. The van der Waals surface area contributed by atoms with E-state index in [-0.39, 0.29) is 25.7 Å². The van der Waals surface area contributed by atoms with Gasteiger partial charge in [0.1, 0.15) is 19.3 Å². The summed E-state index contributed by atoms with van der Waals surface area (Å²) in [5.41, 5.74) is 0. The minimum Gasteiger partial charge on any atom is -0.462 e. The first-order chi connectivity index (χ1) is 46.9. The molecule has 0 bridgehead atoms. The molecule has 0 fully saturated rings. The molecule has 0 amide bonds. The van der Waals surface area contributed by atoms with E-state index in [1.165, 1.54) is 225 Å². The fraction of sp³-hybridized carbons (Fsp3) is 0.949. The summed E-state index contributed by atoms with van der Waals surface area (Å²) in [4.78, 5) is 72.9. The van der Waals surface area contributed by atoms with Crippen molar-refractivity contribution < 1.29 is 80.2 Å². The van der Waals surface area contributed by atoms with Gasteiger partial charge in [-0.25, -0.2) is 9.13 Å². The third-order valence-electron chi connectivity index (χ3n) is 18.2. The second-order valence-corrected chi connectivity index (χ2v) is 32.0. The van der Waals surface area contributed by atoms with Gasteiger partial charge in [-0.15, -0.1) is 0 Å². The maximum absolute atomic E-state index is 13.1. The van der Waals surface area contributed by atoms with Crippen molar-refractivity contribution in [1.29, 1.82) is 0 Å². The number of carbonyl (C=O) groups excluding carboxylic acids is 4. The molecule has 0 rings (SSSR count). The Morgan fingerprint density at radius 3 is 0.701 bits per heavy atom. The largest absolute Gasteiger partial charge is 0.472 e. The molecular weight excluding hydrogens is 1270 g/mol. The number of phosphoric ester groups is 2. The van der Waals surface area contributed by atoms with E-state index >= 15 is 0 Å². The number of carbonyl (C=O) groups is 4. The average Bonchev–Trinajstić information content (AvgIpc) is 1.04.